The molecule has 0 spiro atoms. The van der Waals surface area contributed by atoms with E-state index in [1.54, 1.807) is 5.38 Å². The minimum absolute atomic E-state index is 0. The summed E-state index contributed by atoms with van der Waals surface area (Å²) < 4.78 is 10.2. The highest BCUT2D eigenvalue weighted by molar-refractivity contribution is 7.14. The second kappa shape index (κ2) is 13.1. The van der Waals surface area contributed by atoms with Crippen LogP contribution in [-0.4, -0.2) is 55.3 Å². The van der Waals surface area contributed by atoms with E-state index < -0.39 is 5.91 Å². The second-order valence-corrected chi connectivity index (χ2v) is 6.94. The number of anilines is 1. The summed E-state index contributed by atoms with van der Waals surface area (Å²) in [6.45, 7) is 5.16. The first kappa shape index (κ1) is 27.7. The first-order valence-electron chi connectivity index (χ1n) is 8.59. The number of benzene rings is 1. The van der Waals surface area contributed by atoms with Gasteiger partial charge in [0.1, 0.15) is 11.4 Å². The molecular weight excluding hydrogens is 455 g/mol. The van der Waals surface area contributed by atoms with Gasteiger partial charge in [0.2, 0.25) is 0 Å². The Morgan fingerprint density at radius 3 is 2.33 bits per heavy atom. The molecule has 0 atom stereocenters. The molecule has 2 rings (SSSR count). The molecule has 0 saturated heterocycles. The van der Waals surface area contributed by atoms with Crippen LogP contribution in [0, 0.1) is 0 Å². The Labute approximate surface area is 191 Å². The number of halogens is 2. The van der Waals surface area contributed by atoms with E-state index in [1.807, 2.05) is 13.8 Å². The van der Waals surface area contributed by atoms with Crippen molar-refractivity contribution in [2.45, 2.75) is 19.9 Å². The molecular formula is C18H26Cl2N4O5S. The summed E-state index contributed by atoms with van der Waals surface area (Å²) in [5.41, 5.74) is 0.208. The van der Waals surface area contributed by atoms with Crippen molar-refractivity contribution in [1.82, 2.24) is 15.6 Å². The van der Waals surface area contributed by atoms with E-state index in [2.05, 4.69) is 20.9 Å². The van der Waals surface area contributed by atoms with Gasteiger partial charge in [-0.25, -0.2) is 4.98 Å². The molecule has 0 radical (unpaired) electrons. The molecule has 0 bridgehead atoms. The van der Waals surface area contributed by atoms with Crippen molar-refractivity contribution >= 4 is 53.1 Å². The molecule has 4 N–H and O–H groups in total. The maximum absolute atomic E-state index is 12.4. The lowest BCUT2D eigenvalue weighted by atomic mass is 10.1. The number of thiazole rings is 1. The molecule has 0 unspecified atom stereocenters. The van der Waals surface area contributed by atoms with E-state index in [-0.39, 0.29) is 52.9 Å². The molecule has 1 heterocycles. The van der Waals surface area contributed by atoms with E-state index >= 15 is 0 Å². The molecule has 0 aliphatic rings. The van der Waals surface area contributed by atoms with Gasteiger partial charge in [-0.05, 0) is 0 Å². The van der Waals surface area contributed by atoms with Gasteiger partial charge >= 0.3 is 0 Å². The Morgan fingerprint density at radius 1 is 1.10 bits per heavy atom. The molecule has 12 heteroatoms. The number of carbonyl (C=O) groups is 2. The third-order valence-electron chi connectivity index (χ3n) is 3.67. The first-order chi connectivity index (χ1) is 13.3. The van der Waals surface area contributed by atoms with E-state index in [4.69, 9.17) is 9.47 Å². The topological polar surface area (TPSA) is 122 Å². The van der Waals surface area contributed by atoms with Gasteiger partial charge in [0, 0.05) is 36.6 Å². The average Bonchev–Trinajstić information content (AvgIpc) is 3.13. The number of aromatic hydroxyl groups is 1. The van der Waals surface area contributed by atoms with Crippen LogP contribution in [0.3, 0.4) is 0 Å². The Balaban J connectivity index is 0.00000420. The third-order valence-corrected chi connectivity index (χ3v) is 4.42. The Morgan fingerprint density at radius 2 is 1.73 bits per heavy atom. The summed E-state index contributed by atoms with van der Waals surface area (Å²) in [4.78, 5) is 28.6. The van der Waals surface area contributed by atoms with Crippen molar-refractivity contribution in [2.75, 3.05) is 32.6 Å². The van der Waals surface area contributed by atoms with Crippen LogP contribution in [0.15, 0.2) is 17.5 Å². The highest BCUT2D eigenvalue weighted by Gasteiger charge is 2.18. The van der Waals surface area contributed by atoms with Crippen molar-refractivity contribution in [3.8, 4) is 17.2 Å². The number of phenols is 1. The summed E-state index contributed by atoms with van der Waals surface area (Å²) in [6.07, 6.45) is 0. The lowest BCUT2D eigenvalue weighted by Gasteiger charge is -2.11. The number of carbonyl (C=O) groups excluding carboxylic acids is 2. The highest BCUT2D eigenvalue weighted by atomic mass is 35.5. The monoisotopic (exact) mass is 480 g/mol. The molecule has 0 saturated carbocycles. The van der Waals surface area contributed by atoms with Crippen LogP contribution in [0.25, 0.3) is 0 Å². The van der Waals surface area contributed by atoms with Gasteiger partial charge in [-0.1, -0.05) is 13.8 Å². The van der Waals surface area contributed by atoms with Crippen LogP contribution in [0.2, 0.25) is 0 Å². The number of nitrogens with zero attached hydrogens (tertiary/aromatic N) is 1. The van der Waals surface area contributed by atoms with Gasteiger partial charge in [0.15, 0.2) is 16.6 Å². The zero-order chi connectivity index (χ0) is 20.7. The third kappa shape index (κ3) is 7.52. The molecule has 0 aliphatic carbocycles. The molecule has 30 heavy (non-hydrogen) atoms. The van der Waals surface area contributed by atoms with Crippen LogP contribution < -0.4 is 25.4 Å². The zero-order valence-corrected chi connectivity index (χ0v) is 19.4. The summed E-state index contributed by atoms with van der Waals surface area (Å²) in [5.74, 6) is -0.559. The summed E-state index contributed by atoms with van der Waals surface area (Å²) >= 11 is 1.11. The quantitative estimate of drug-likeness (QED) is 0.407. The number of hydrogen-bond donors (Lipinski definition) is 4. The minimum atomic E-state index is -0.583. The molecule has 2 aromatic rings. The molecule has 1 aromatic heterocycles. The highest BCUT2D eigenvalue weighted by Crippen LogP contribution is 2.34. The van der Waals surface area contributed by atoms with Gasteiger partial charge in [-0.15, -0.1) is 36.2 Å². The molecule has 168 valence electrons. The Bertz CT molecular complexity index is 848. The van der Waals surface area contributed by atoms with Gasteiger partial charge in [0.05, 0.1) is 19.8 Å². The van der Waals surface area contributed by atoms with Crippen molar-refractivity contribution in [3.05, 3.63) is 28.8 Å². The van der Waals surface area contributed by atoms with E-state index in [0.29, 0.717) is 30.6 Å². The van der Waals surface area contributed by atoms with Gasteiger partial charge < -0.3 is 25.2 Å². The number of methoxy groups -OCH3 is 2. The van der Waals surface area contributed by atoms with Crippen LogP contribution in [0.1, 0.15) is 34.7 Å². The SMILES string of the molecule is COc1cc(O)c(C(=O)Nc2nc(C(=O)NCCNC(C)C)cs2)cc1OC.Cl.Cl. The molecule has 1 aromatic carbocycles. The fourth-order valence-electron chi connectivity index (χ4n) is 2.28. The fourth-order valence-corrected chi connectivity index (χ4v) is 2.96. The zero-order valence-electron chi connectivity index (χ0n) is 17.0. The van der Waals surface area contributed by atoms with Crippen molar-refractivity contribution in [1.29, 1.82) is 0 Å². The lowest BCUT2D eigenvalue weighted by molar-refractivity contribution is 0.0947. The molecule has 2 amide bonds. The number of phenolic OH excluding ortho intramolecular Hbond substituents is 1. The van der Waals surface area contributed by atoms with Gasteiger partial charge in [-0.3, -0.25) is 14.9 Å². The van der Waals surface area contributed by atoms with Crippen LogP contribution in [0.4, 0.5) is 5.13 Å². The minimum Gasteiger partial charge on any atom is -0.507 e. The number of hydrogen-bond acceptors (Lipinski definition) is 8. The smallest absolute Gasteiger partial charge is 0.270 e. The summed E-state index contributed by atoms with van der Waals surface area (Å²) in [5, 5.41) is 20.4. The van der Waals surface area contributed by atoms with Gasteiger partial charge in [0.25, 0.3) is 11.8 Å². The number of nitrogens with one attached hydrogen (secondary N) is 3. The van der Waals surface area contributed by atoms with Crippen LogP contribution in [-0.2, 0) is 0 Å². The van der Waals surface area contributed by atoms with Crippen LogP contribution in [0.5, 0.6) is 17.2 Å². The number of rotatable bonds is 9. The molecule has 0 fully saturated rings. The number of ether oxygens (including phenoxy) is 2. The van der Waals surface area contributed by atoms with E-state index in [9.17, 15) is 14.7 Å². The summed E-state index contributed by atoms with van der Waals surface area (Å²) in [7, 11) is 2.86. The predicted octanol–water partition coefficient (Wildman–Crippen LogP) is 2.69. The second-order valence-electron chi connectivity index (χ2n) is 6.08. The van der Waals surface area contributed by atoms with Crippen molar-refractivity contribution in [2.24, 2.45) is 0 Å². The van der Waals surface area contributed by atoms with E-state index in [1.165, 1.54) is 26.4 Å². The Hall–Kier alpha value is -2.27. The lowest BCUT2D eigenvalue weighted by Crippen LogP contribution is -2.34. The average molecular weight is 481 g/mol. The van der Waals surface area contributed by atoms with Crippen molar-refractivity contribution in [3.63, 3.8) is 0 Å². The van der Waals surface area contributed by atoms with E-state index in [0.717, 1.165) is 11.3 Å². The summed E-state index contributed by atoms with van der Waals surface area (Å²) in [6, 6.07) is 3.00. The maximum atomic E-state index is 12.4. The Kier molecular flexibility index (Phi) is 12.1. The molecule has 9 nitrogen and oxygen atoms in total. The number of amides is 2. The first-order valence-corrected chi connectivity index (χ1v) is 9.47. The predicted molar refractivity (Wildman–Crippen MR) is 121 cm³/mol. The van der Waals surface area contributed by atoms with Gasteiger partial charge in [-0.2, -0.15) is 0 Å². The number of aromatic nitrogens is 1. The molecule has 0 aliphatic heterocycles. The normalized spacial score (nSPS) is 9.90. The largest absolute Gasteiger partial charge is 0.507 e. The van der Waals surface area contributed by atoms with Crippen molar-refractivity contribution < 1.29 is 24.2 Å². The van der Waals surface area contributed by atoms with Crippen LogP contribution >= 0.6 is 36.2 Å². The fraction of sp³-hybridized carbons (Fsp3) is 0.389. The maximum Gasteiger partial charge on any atom is 0.270 e. The standard InChI is InChI=1S/C18H24N4O5S.2ClH/c1-10(2)19-5-6-20-17(25)12-9-28-18(21-12)22-16(24)11-7-14(26-3)15(27-4)8-13(11)23;;/h7-10,19,23H,5-6H2,1-4H3,(H,20,25)(H,21,22,24);2*1H.